The summed E-state index contributed by atoms with van der Waals surface area (Å²) >= 11 is 0. The van der Waals surface area contributed by atoms with Gasteiger partial charge in [-0.15, -0.1) is 0 Å². The van der Waals surface area contributed by atoms with Crippen LogP contribution in [0.5, 0.6) is 0 Å². The SMILES string of the molecule is Cc1nc(S(=O)(=O)NCCCNC2CC2)cn1C. The van der Waals surface area contributed by atoms with Gasteiger partial charge in [0.1, 0.15) is 5.82 Å². The molecule has 0 spiro atoms. The maximum atomic E-state index is 11.9. The van der Waals surface area contributed by atoms with E-state index in [-0.39, 0.29) is 5.03 Å². The molecule has 0 amide bonds. The molecule has 0 aliphatic heterocycles. The van der Waals surface area contributed by atoms with Gasteiger partial charge in [0.25, 0.3) is 10.0 Å². The van der Waals surface area contributed by atoms with Crippen LogP contribution in [0.4, 0.5) is 0 Å². The molecule has 1 saturated carbocycles. The molecule has 0 atom stereocenters. The highest BCUT2D eigenvalue weighted by Gasteiger charge is 2.20. The van der Waals surface area contributed by atoms with Gasteiger partial charge in [0.2, 0.25) is 0 Å². The Morgan fingerprint density at radius 1 is 1.44 bits per heavy atom. The van der Waals surface area contributed by atoms with Crippen molar-refractivity contribution >= 4 is 10.0 Å². The van der Waals surface area contributed by atoms with Crippen LogP contribution in [-0.2, 0) is 17.1 Å². The fourth-order valence-corrected chi connectivity index (χ4v) is 2.73. The van der Waals surface area contributed by atoms with Crippen molar-refractivity contribution in [3.05, 3.63) is 12.0 Å². The van der Waals surface area contributed by atoms with Crippen molar-refractivity contribution in [2.24, 2.45) is 7.05 Å². The summed E-state index contributed by atoms with van der Waals surface area (Å²) < 4.78 is 28.1. The summed E-state index contributed by atoms with van der Waals surface area (Å²) in [6.07, 6.45) is 4.82. The zero-order valence-electron chi connectivity index (χ0n) is 10.8. The molecule has 18 heavy (non-hydrogen) atoms. The molecule has 6 nitrogen and oxygen atoms in total. The summed E-state index contributed by atoms with van der Waals surface area (Å²) in [5.41, 5.74) is 0. The van der Waals surface area contributed by atoms with Crippen LogP contribution < -0.4 is 10.0 Å². The second-order valence-electron chi connectivity index (χ2n) is 4.72. The van der Waals surface area contributed by atoms with Crippen molar-refractivity contribution in [2.75, 3.05) is 13.1 Å². The predicted molar refractivity (Wildman–Crippen MR) is 68.8 cm³/mol. The number of nitrogens with zero attached hydrogens (tertiary/aromatic N) is 2. The number of aromatic nitrogens is 2. The summed E-state index contributed by atoms with van der Waals surface area (Å²) in [6, 6.07) is 0.667. The first kappa shape index (κ1) is 13.5. The monoisotopic (exact) mass is 272 g/mol. The quantitative estimate of drug-likeness (QED) is 0.693. The van der Waals surface area contributed by atoms with Crippen LogP contribution >= 0.6 is 0 Å². The molecule has 1 aliphatic carbocycles. The summed E-state index contributed by atoms with van der Waals surface area (Å²) in [5, 5.41) is 3.44. The minimum atomic E-state index is -3.46. The average Bonchev–Trinajstić information content (AvgIpc) is 3.05. The Hall–Kier alpha value is -0.920. The molecular formula is C11H20N4O2S. The topological polar surface area (TPSA) is 76.0 Å². The summed E-state index contributed by atoms with van der Waals surface area (Å²) in [6.45, 7) is 3.07. The molecule has 102 valence electrons. The Morgan fingerprint density at radius 3 is 2.72 bits per heavy atom. The first-order chi connectivity index (χ1) is 8.49. The number of imidazole rings is 1. The molecule has 2 rings (SSSR count). The Bertz CT molecular complexity index is 486. The lowest BCUT2D eigenvalue weighted by molar-refractivity contribution is 0.570. The molecule has 1 aliphatic rings. The van der Waals surface area contributed by atoms with Gasteiger partial charge in [-0.05, 0) is 32.7 Å². The largest absolute Gasteiger partial charge is 0.337 e. The second-order valence-corrected chi connectivity index (χ2v) is 6.43. The standard InChI is InChI=1S/C11H20N4O2S/c1-9-14-11(8-15(9)2)18(16,17)13-7-3-6-12-10-4-5-10/h8,10,12-13H,3-7H2,1-2H3. The van der Waals surface area contributed by atoms with Gasteiger partial charge in [0.15, 0.2) is 5.03 Å². The molecular weight excluding hydrogens is 252 g/mol. The first-order valence-electron chi connectivity index (χ1n) is 6.22. The van der Waals surface area contributed by atoms with Crippen LogP contribution in [0.15, 0.2) is 11.2 Å². The van der Waals surface area contributed by atoms with E-state index in [1.807, 2.05) is 0 Å². The lowest BCUT2D eigenvalue weighted by Crippen LogP contribution is -2.28. The average molecular weight is 272 g/mol. The molecule has 2 N–H and O–H groups in total. The van der Waals surface area contributed by atoms with Gasteiger partial charge in [-0.25, -0.2) is 18.1 Å². The van der Waals surface area contributed by atoms with Crippen molar-refractivity contribution in [1.29, 1.82) is 0 Å². The third-order valence-corrected chi connectivity index (χ3v) is 4.35. The Morgan fingerprint density at radius 2 is 2.17 bits per heavy atom. The van der Waals surface area contributed by atoms with Gasteiger partial charge in [-0.1, -0.05) is 0 Å². The van der Waals surface area contributed by atoms with Crippen LogP contribution in [-0.4, -0.2) is 37.1 Å². The van der Waals surface area contributed by atoms with E-state index in [0.717, 1.165) is 13.0 Å². The van der Waals surface area contributed by atoms with Crippen molar-refractivity contribution in [3.8, 4) is 0 Å². The lowest BCUT2D eigenvalue weighted by atomic mass is 10.4. The summed E-state index contributed by atoms with van der Waals surface area (Å²) in [7, 11) is -1.68. The van der Waals surface area contributed by atoms with Crippen LogP contribution in [0.2, 0.25) is 0 Å². The van der Waals surface area contributed by atoms with E-state index in [0.29, 0.717) is 18.4 Å². The Kier molecular flexibility index (Phi) is 4.04. The highest BCUT2D eigenvalue weighted by molar-refractivity contribution is 7.89. The van der Waals surface area contributed by atoms with E-state index in [4.69, 9.17) is 0 Å². The van der Waals surface area contributed by atoms with E-state index < -0.39 is 10.0 Å². The van der Waals surface area contributed by atoms with Gasteiger partial charge in [0.05, 0.1) is 0 Å². The number of nitrogens with one attached hydrogen (secondary N) is 2. The molecule has 1 fully saturated rings. The fraction of sp³-hybridized carbons (Fsp3) is 0.727. The van der Waals surface area contributed by atoms with E-state index in [2.05, 4.69) is 15.0 Å². The molecule has 0 radical (unpaired) electrons. The van der Waals surface area contributed by atoms with Crippen molar-refractivity contribution in [3.63, 3.8) is 0 Å². The molecule has 7 heteroatoms. The van der Waals surface area contributed by atoms with Gasteiger partial charge < -0.3 is 9.88 Å². The molecule has 1 aromatic heterocycles. The highest BCUT2D eigenvalue weighted by Crippen LogP contribution is 2.18. The third-order valence-electron chi connectivity index (χ3n) is 3.02. The van der Waals surface area contributed by atoms with Gasteiger partial charge >= 0.3 is 0 Å². The zero-order chi connectivity index (χ0) is 13.2. The molecule has 0 unspecified atom stereocenters. The van der Waals surface area contributed by atoms with Crippen LogP contribution in [0.1, 0.15) is 25.1 Å². The van der Waals surface area contributed by atoms with E-state index in [9.17, 15) is 8.42 Å². The lowest BCUT2D eigenvalue weighted by Gasteiger charge is -2.04. The van der Waals surface area contributed by atoms with E-state index in [1.54, 1.807) is 18.5 Å². The van der Waals surface area contributed by atoms with Gasteiger partial charge in [-0.2, -0.15) is 0 Å². The number of hydrogen-bond acceptors (Lipinski definition) is 4. The smallest absolute Gasteiger partial charge is 0.259 e. The highest BCUT2D eigenvalue weighted by atomic mass is 32.2. The predicted octanol–water partition coefficient (Wildman–Crippen LogP) is 0.149. The normalized spacial score (nSPS) is 16.1. The fourth-order valence-electron chi connectivity index (χ4n) is 1.62. The van der Waals surface area contributed by atoms with Crippen molar-refractivity contribution < 1.29 is 8.42 Å². The molecule has 1 heterocycles. The number of sulfonamides is 1. The zero-order valence-corrected chi connectivity index (χ0v) is 11.6. The maximum absolute atomic E-state index is 11.9. The van der Waals surface area contributed by atoms with Crippen molar-refractivity contribution in [2.45, 2.75) is 37.3 Å². The minimum absolute atomic E-state index is 0.0950. The van der Waals surface area contributed by atoms with Crippen LogP contribution in [0.25, 0.3) is 0 Å². The minimum Gasteiger partial charge on any atom is -0.337 e. The van der Waals surface area contributed by atoms with Crippen molar-refractivity contribution in [1.82, 2.24) is 19.6 Å². The third kappa shape index (κ3) is 3.54. The van der Waals surface area contributed by atoms with Crippen LogP contribution in [0.3, 0.4) is 0 Å². The van der Waals surface area contributed by atoms with Gasteiger partial charge in [0, 0.05) is 25.8 Å². The number of rotatable bonds is 7. The first-order valence-corrected chi connectivity index (χ1v) is 7.70. The van der Waals surface area contributed by atoms with Gasteiger partial charge in [-0.3, -0.25) is 0 Å². The van der Waals surface area contributed by atoms with E-state index in [1.165, 1.54) is 19.0 Å². The summed E-state index contributed by atoms with van der Waals surface area (Å²) in [4.78, 5) is 4.02. The number of hydrogen-bond donors (Lipinski definition) is 2. The molecule has 0 aromatic carbocycles. The molecule has 1 aromatic rings. The summed E-state index contributed by atoms with van der Waals surface area (Å²) in [5.74, 6) is 0.686. The molecule has 0 bridgehead atoms. The Balaban J connectivity index is 1.79. The Labute approximate surface area is 108 Å². The molecule has 0 saturated heterocycles. The van der Waals surface area contributed by atoms with Crippen LogP contribution in [0, 0.1) is 6.92 Å². The second kappa shape index (κ2) is 5.38. The van der Waals surface area contributed by atoms with E-state index >= 15 is 0 Å². The maximum Gasteiger partial charge on any atom is 0.259 e. The number of aryl methyl sites for hydroxylation is 2.